The number of carboxylic acid groups (broad SMARTS) is 1. The van der Waals surface area contributed by atoms with Gasteiger partial charge in [0.05, 0.1) is 6.04 Å². The fraction of sp³-hybridized carbons (Fsp3) is 0.727. The molecule has 1 aliphatic heterocycles. The molecule has 0 aromatic rings. The van der Waals surface area contributed by atoms with Gasteiger partial charge in [0, 0.05) is 37.9 Å². The van der Waals surface area contributed by atoms with Crippen LogP contribution >= 0.6 is 0 Å². The van der Waals surface area contributed by atoms with E-state index < -0.39 is 5.97 Å². The molecule has 7 nitrogen and oxygen atoms in total. The minimum atomic E-state index is -0.876. The molecule has 0 radical (unpaired) electrons. The molecule has 7 heteroatoms. The molecule has 0 aromatic heterocycles. The molecule has 0 fully saturated rings. The molecule has 0 saturated carbocycles. The minimum absolute atomic E-state index is 0.0258. The summed E-state index contributed by atoms with van der Waals surface area (Å²) in [5.41, 5.74) is 0.934. The van der Waals surface area contributed by atoms with E-state index >= 15 is 0 Å². The fourth-order valence-electron chi connectivity index (χ4n) is 1.59. The van der Waals surface area contributed by atoms with E-state index in [1.54, 1.807) is 0 Å². The Labute approximate surface area is 105 Å². The van der Waals surface area contributed by atoms with Gasteiger partial charge < -0.3 is 10.4 Å². The van der Waals surface area contributed by atoms with Gasteiger partial charge in [0.1, 0.15) is 0 Å². The Hall–Kier alpha value is -1.79. The van der Waals surface area contributed by atoms with Gasteiger partial charge in [0.15, 0.2) is 0 Å². The van der Waals surface area contributed by atoms with Gasteiger partial charge in [0.2, 0.25) is 5.91 Å². The number of carbonyl (C=O) groups is 2. The Morgan fingerprint density at radius 3 is 2.89 bits per heavy atom. The smallest absolute Gasteiger partial charge is 0.303 e. The zero-order valence-corrected chi connectivity index (χ0v) is 10.4. The predicted molar refractivity (Wildman–Crippen MR) is 65.5 cm³/mol. The van der Waals surface area contributed by atoms with Crippen LogP contribution in [0.3, 0.4) is 0 Å². The van der Waals surface area contributed by atoms with E-state index in [4.69, 9.17) is 5.11 Å². The Kier molecular flexibility index (Phi) is 5.96. The number of rotatable bonds is 7. The maximum absolute atomic E-state index is 11.3. The third-order valence-corrected chi connectivity index (χ3v) is 2.50. The van der Waals surface area contributed by atoms with Gasteiger partial charge in [-0.05, 0) is 18.6 Å². The van der Waals surface area contributed by atoms with Crippen LogP contribution in [0.1, 0.15) is 39.0 Å². The van der Waals surface area contributed by atoms with E-state index in [1.165, 1.54) is 0 Å². The molecule has 0 bridgehead atoms. The van der Waals surface area contributed by atoms with Gasteiger partial charge in [-0.1, -0.05) is 0 Å². The lowest BCUT2D eigenvalue weighted by molar-refractivity contribution is -0.137. The summed E-state index contributed by atoms with van der Waals surface area (Å²) >= 11 is 0. The largest absolute Gasteiger partial charge is 0.481 e. The molecule has 0 aliphatic carbocycles. The lowest BCUT2D eigenvalue weighted by Gasteiger charge is -2.11. The lowest BCUT2D eigenvalue weighted by atomic mass is 10.1. The molecule has 1 amide bonds. The van der Waals surface area contributed by atoms with Crippen LogP contribution in [-0.4, -0.2) is 35.3 Å². The number of carboxylic acids is 1. The predicted octanol–water partition coefficient (Wildman–Crippen LogP) is 1.35. The average Bonchev–Trinajstić information content (AvgIpc) is 2.28. The van der Waals surface area contributed by atoms with E-state index in [9.17, 15) is 9.59 Å². The van der Waals surface area contributed by atoms with Crippen LogP contribution in [0.4, 0.5) is 0 Å². The first-order chi connectivity index (χ1) is 8.58. The van der Waals surface area contributed by atoms with Crippen molar-refractivity contribution < 1.29 is 14.7 Å². The van der Waals surface area contributed by atoms with Crippen LogP contribution in [0.5, 0.6) is 0 Å². The number of hydrogen-bond acceptors (Lipinski definition) is 5. The Bertz CT molecular complexity index is 365. The van der Waals surface area contributed by atoms with Crippen LogP contribution in [-0.2, 0) is 9.59 Å². The van der Waals surface area contributed by atoms with Gasteiger partial charge in [-0.25, -0.2) is 0 Å². The van der Waals surface area contributed by atoms with Crippen LogP contribution in [0.15, 0.2) is 15.4 Å². The first-order valence-electron chi connectivity index (χ1n) is 6.02. The second-order valence-corrected chi connectivity index (χ2v) is 4.27. The number of nitrogens with zero attached hydrogens (tertiary/aromatic N) is 3. The van der Waals surface area contributed by atoms with E-state index in [0.717, 1.165) is 12.1 Å². The molecule has 1 unspecified atom stereocenters. The highest BCUT2D eigenvalue weighted by molar-refractivity contribution is 5.86. The van der Waals surface area contributed by atoms with Gasteiger partial charge in [-0.15, -0.1) is 5.10 Å². The highest BCUT2D eigenvalue weighted by atomic mass is 16.4. The summed E-state index contributed by atoms with van der Waals surface area (Å²) in [6.07, 6.45) is 2.08. The fourth-order valence-corrected chi connectivity index (χ4v) is 1.59. The van der Waals surface area contributed by atoms with Crippen molar-refractivity contribution in [1.82, 2.24) is 5.32 Å². The molecule has 0 saturated heterocycles. The van der Waals surface area contributed by atoms with Gasteiger partial charge in [-0.2, -0.15) is 5.11 Å². The van der Waals surface area contributed by atoms with Crippen molar-refractivity contribution in [2.45, 2.75) is 45.1 Å². The van der Waals surface area contributed by atoms with E-state index in [1.807, 2.05) is 6.92 Å². The Balaban J connectivity index is 2.10. The first kappa shape index (κ1) is 14.3. The molecule has 1 heterocycles. The molecular weight excluding hydrogens is 236 g/mol. The minimum Gasteiger partial charge on any atom is -0.481 e. The Morgan fingerprint density at radius 2 is 2.22 bits per heavy atom. The normalized spacial score (nSPS) is 18.3. The lowest BCUT2D eigenvalue weighted by Crippen LogP contribution is -2.26. The van der Waals surface area contributed by atoms with Gasteiger partial charge in [0.25, 0.3) is 0 Å². The summed E-state index contributed by atoms with van der Waals surface area (Å²) < 4.78 is 0. The van der Waals surface area contributed by atoms with Crippen molar-refractivity contribution in [2.75, 3.05) is 6.54 Å². The zero-order chi connectivity index (χ0) is 13.4. The number of carbonyl (C=O) groups excluding carboxylic acids is 1. The molecule has 2 N–H and O–H groups in total. The molecule has 1 aliphatic rings. The van der Waals surface area contributed by atoms with Crippen molar-refractivity contribution >= 4 is 17.6 Å². The summed E-state index contributed by atoms with van der Waals surface area (Å²) in [4.78, 5) is 21.6. The molecule has 18 heavy (non-hydrogen) atoms. The molecule has 100 valence electrons. The van der Waals surface area contributed by atoms with Gasteiger partial charge in [-0.3, -0.25) is 9.59 Å². The standard InChI is InChI=1S/C11H18N4O3/c1-8-7-9(14-15-13-8)5-6-12-10(16)3-2-4-11(17)18/h8H,2-7H2,1H3,(H,12,16)(H,17,18). The molecule has 1 atom stereocenters. The average molecular weight is 254 g/mol. The monoisotopic (exact) mass is 254 g/mol. The summed E-state index contributed by atoms with van der Waals surface area (Å²) in [7, 11) is 0. The molecule has 1 rings (SSSR count). The van der Waals surface area contributed by atoms with Crippen molar-refractivity contribution in [3.8, 4) is 0 Å². The highest BCUT2D eigenvalue weighted by Crippen LogP contribution is 2.08. The van der Waals surface area contributed by atoms with Crippen molar-refractivity contribution in [2.24, 2.45) is 15.4 Å². The quantitative estimate of drug-likeness (QED) is 0.716. The number of hydrogen-bond donors (Lipinski definition) is 2. The summed E-state index contributed by atoms with van der Waals surface area (Å²) in [5.74, 6) is -0.999. The number of amides is 1. The van der Waals surface area contributed by atoms with Crippen LogP contribution in [0, 0.1) is 0 Å². The third kappa shape index (κ3) is 6.07. The van der Waals surface area contributed by atoms with Crippen LogP contribution in [0.25, 0.3) is 0 Å². The topological polar surface area (TPSA) is 103 Å². The van der Waals surface area contributed by atoms with Crippen molar-refractivity contribution in [3.05, 3.63) is 0 Å². The molecular formula is C11H18N4O3. The van der Waals surface area contributed by atoms with E-state index in [0.29, 0.717) is 19.4 Å². The second-order valence-electron chi connectivity index (χ2n) is 4.27. The maximum Gasteiger partial charge on any atom is 0.303 e. The van der Waals surface area contributed by atoms with Crippen LogP contribution < -0.4 is 5.32 Å². The summed E-state index contributed by atoms with van der Waals surface area (Å²) in [5, 5.41) is 22.6. The molecule has 0 spiro atoms. The van der Waals surface area contributed by atoms with Crippen molar-refractivity contribution in [3.63, 3.8) is 0 Å². The second kappa shape index (κ2) is 7.52. The SMILES string of the molecule is CC1CC(CCNC(=O)CCCC(=O)O)=NN=N1. The summed E-state index contributed by atoms with van der Waals surface area (Å²) in [6.45, 7) is 2.47. The third-order valence-electron chi connectivity index (χ3n) is 2.50. The van der Waals surface area contributed by atoms with Crippen molar-refractivity contribution in [1.29, 1.82) is 0 Å². The first-order valence-corrected chi connectivity index (χ1v) is 6.02. The Morgan fingerprint density at radius 1 is 1.44 bits per heavy atom. The number of aliphatic carboxylic acids is 1. The molecule has 0 aromatic carbocycles. The maximum atomic E-state index is 11.3. The van der Waals surface area contributed by atoms with E-state index in [2.05, 4.69) is 20.8 Å². The number of nitrogens with one attached hydrogen (secondary N) is 1. The van der Waals surface area contributed by atoms with E-state index in [-0.39, 0.29) is 24.8 Å². The van der Waals surface area contributed by atoms with Gasteiger partial charge >= 0.3 is 5.97 Å². The summed E-state index contributed by atoms with van der Waals surface area (Å²) in [6, 6.07) is 0.156. The highest BCUT2D eigenvalue weighted by Gasteiger charge is 2.11. The van der Waals surface area contributed by atoms with Crippen LogP contribution in [0.2, 0.25) is 0 Å². The zero-order valence-electron chi connectivity index (χ0n) is 10.4.